The number of rotatable bonds is 6. The zero-order valence-corrected chi connectivity index (χ0v) is 17.3. The maximum Gasteiger partial charge on any atom is 0.228 e. The molecule has 0 aromatic carbocycles. The highest BCUT2D eigenvalue weighted by Crippen LogP contribution is 2.60. The third kappa shape index (κ3) is 3.16. The molecule has 4 heterocycles. The minimum Gasteiger partial charge on any atom is -0.397 e. The average molecular weight is 426 g/mol. The summed E-state index contributed by atoms with van der Waals surface area (Å²) in [5.41, 5.74) is 17.0. The number of primary amides is 1. The largest absolute Gasteiger partial charge is 0.397 e. The minimum atomic E-state index is -0.840. The summed E-state index contributed by atoms with van der Waals surface area (Å²) in [7, 11) is 0. The monoisotopic (exact) mass is 426 g/mol. The van der Waals surface area contributed by atoms with Crippen LogP contribution in [0, 0.1) is 0 Å². The predicted molar refractivity (Wildman–Crippen MR) is 120 cm³/mol. The Morgan fingerprint density at radius 3 is 2.75 bits per heavy atom. The Morgan fingerprint density at radius 2 is 2.00 bits per heavy atom. The number of hydrogen-bond acceptors (Lipinski definition) is 7. The van der Waals surface area contributed by atoms with Crippen LogP contribution in [0.3, 0.4) is 0 Å². The maximum atomic E-state index is 12.6. The molecule has 1 aliphatic carbocycles. The number of amides is 1. The molecule has 5 rings (SSSR count). The van der Waals surface area contributed by atoms with E-state index in [1.165, 1.54) is 0 Å². The Morgan fingerprint density at radius 1 is 1.16 bits per heavy atom. The van der Waals surface area contributed by atoms with Gasteiger partial charge >= 0.3 is 0 Å². The molecule has 8 nitrogen and oxygen atoms in total. The lowest BCUT2D eigenvalue weighted by Gasteiger charge is -2.16. The first kappa shape index (κ1) is 20.0. The lowest BCUT2D eigenvalue weighted by molar-refractivity contribution is -0.120. The summed E-state index contributed by atoms with van der Waals surface area (Å²) < 4.78 is 0. The fourth-order valence-corrected chi connectivity index (χ4v) is 4.49. The van der Waals surface area contributed by atoms with Gasteiger partial charge in [-0.25, -0.2) is 4.98 Å². The number of aromatic nitrogens is 4. The van der Waals surface area contributed by atoms with Gasteiger partial charge in [0.1, 0.15) is 5.52 Å². The van der Waals surface area contributed by atoms with E-state index in [4.69, 9.17) is 16.5 Å². The zero-order chi connectivity index (χ0) is 22.3. The Bertz CT molecular complexity index is 1330. The molecule has 1 fully saturated rings. The fourth-order valence-electron chi connectivity index (χ4n) is 4.49. The van der Waals surface area contributed by atoms with Crippen molar-refractivity contribution in [1.29, 1.82) is 0 Å². The van der Waals surface area contributed by atoms with Crippen LogP contribution in [0.5, 0.6) is 0 Å². The van der Waals surface area contributed by atoms with Crippen molar-refractivity contribution in [2.75, 3.05) is 12.3 Å². The highest BCUT2D eigenvalue weighted by Gasteiger charge is 2.61. The number of hydrogen-bond donors (Lipinski definition) is 3. The Labute approximate surface area is 184 Å². The molecule has 0 spiro atoms. The van der Waals surface area contributed by atoms with Gasteiger partial charge in [-0.1, -0.05) is 6.07 Å². The highest BCUT2D eigenvalue weighted by atomic mass is 16.3. The van der Waals surface area contributed by atoms with E-state index in [1.54, 1.807) is 37.1 Å². The number of aliphatic hydroxyl groups is 1. The third-order valence-corrected chi connectivity index (χ3v) is 6.25. The van der Waals surface area contributed by atoms with E-state index >= 15 is 0 Å². The maximum absolute atomic E-state index is 12.6. The smallest absolute Gasteiger partial charge is 0.228 e. The molecule has 5 N–H and O–H groups in total. The predicted octanol–water partition coefficient (Wildman–Crippen LogP) is 2.11. The number of carbonyl (C=O) groups is 1. The lowest BCUT2D eigenvalue weighted by Crippen LogP contribution is -2.30. The number of nitrogens with zero attached hydrogens (tertiary/aromatic N) is 4. The number of fused-ring (bicyclic) bond motifs is 1. The first-order chi connectivity index (χ1) is 15.5. The molecule has 8 heteroatoms. The number of nitrogens with two attached hydrogens (primary N) is 2. The van der Waals surface area contributed by atoms with Gasteiger partial charge in [0.15, 0.2) is 0 Å². The van der Waals surface area contributed by atoms with E-state index in [1.807, 2.05) is 24.3 Å². The summed E-state index contributed by atoms with van der Waals surface area (Å²) in [6.07, 6.45) is 9.60. The van der Waals surface area contributed by atoms with Gasteiger partial charge in [0.25, 0.3) is 0 Å². The molecule has 2 atom stereocenters. The molecule has 0 aliphatic heterocycles. The molecule has 1 saturated carbocycles. The van der Waals surface area contributed by atoms with Crippen molar-refractivity contribution in [3.63, 3.8) is 0 Å². The summed E-state index contributed by atoms with van der Waals surface area (Å²) in [6, 6.07) is 9.27. The number of nitrogen functional groups attached to an aromatic ring is 1. The van der Waals surface area contributed by atoms with Crippen LogP contribution < -0.4 is 11.5 Å². The van der Waals surface area contributed by atoms with Crippen LogP contribution in [0.1, 0.15) is 29.0 Å². The van der Waals surface area contributed by atoms with Crippen molar-refractivity contribution in [3.8, 4) is 11.3 Å². The Balaban J connectivity index is 1.62. The normalized spacial score (nSPS) is 19.7. The molecule has 32 heavy (non-hydrogen) atoms. The van der Waals surface area contributed by atoms with Crippen LogP contribution in [0.15, 0.2) is 61.3 Å². The van der Waals surface area contributed by atoms with E-state index in [0.717, 1.165) is 22.3 Å². The van der Waals surface area contributed by atoms with E-state index in [9.17, 15) is 9.90 Å². The number of carbonyl (C=O) groups excluding carboxylic acids is 1. The van der Waals surface area contributed by atoms with Crippen LogP contribution in [0.4, 0.5) is 5.69 Å². The SMILES string of the molecule is NC(=O)C1(c2cnc3c(N)cc(-c4cnccc4CCO)nc3c2)CC1c1cccnc1. The first-order valence-electron chi connectivity index (χ1n) is 10.4. The van der Waals surface area contributed by atoms with Gasteiger partial charge in [-0.15, -0.1) is 0 Å². The molecular formula is C24H22N6O2. The summed E-state index contributed by atoms with van der Waals surface area (Å²) in [4.78, 5) is 30.3. The van der Waals surface area contributed by atoms with Gasteiger partial charge in [0.2, 0.25) is 5.91 Å². The van der Waals surface area contributed by atoms with Crippen LogP contribution >= 0.6 is 0 Å². The Hall–Kier alpha value is -3.91. The topological polar surface area (TPSA) is 141 Å². The van der Waals surface area contributed by atoms with Gasteiger partial charge in [0, 0.05) is 49.1 Å². The van der Waals surface area contributed by atoms with Gasteiger partial charge in [-0.2, -0.15) is 0 Å². The molecule has 2 unspecified atom stereocenters. The van der Waals surface area contributed by atoms with Crippen molar-refractivity contribution >= 4 is 22.6 Å². The van der Waals surface area contributed by atoms with Crippen molar-refractivity contribution < 1.29 is 9.90 Å². The standard InChI is InChI=1S/C24H22N6O2/c25-19-9-20(17-13-28-6-3-14(17)4-7-31)30-21-8-16(12-29-22(19)21)24(23(26)32)10-18(24)15-2-1-5-27-11-15/h1-3,5-6,8-9,11-13,18,31H,4,7,10H2,(H2,25,30)(H2,26,32). The van der Waals surface area contributed by atoms with E-state index in [2.05, 4.69) is 15.0 Å². The van der Waals surface area contributed by atoms with Gasteiger partial charge < -0.3 is 16.6 Å². The second-order valence-electron chi connectivity index (χ2n) is 8.07. The summed E-state index contributed by atoms with van der Waals surface area (Å²) in [6.45, 7) is 0.0165. The van der Waals surface area contributed by atoms with Crippen LogP contribution in [-0.2, 0) is 16.6 Å². The number of pyridine rings is 4. The minimum absolute atomic E-state index is 0.0165. The summed E-state index contributed by atoms with van der Waals surface area (Å²) in [5.74, 6) is -0.447. The molecule has 0 radical (unpaired) electrons. The molecule has 160 valence electrons. The molecule has 0 saturated heterocycles. The molecule has 4 aromatic heterocycles. The van der Waals surface area contributed by atoms with Gasteiger partial charge in [0.05, 0.1) is 22.3 Å². The first-order valence-corrected chi connectivity index (χ1v) is 10.4. The second kappa shape index (κ2) is 7.65. The fraction of sp³-hybridized carbons (Fsp3) is 0.208. The van der Waals surface area contributed by atoms with Crippen LogP contribution in [0.25, 0.3) is 22.3 Å². The lowest BCUT2D eigenvalue weighted by atomic mass is 9.91. The van der Waals surface area contributed by atoms with Crippen molar-refractivity contribution in [2.24, 2.45) is 5.73 Å². The van der Waals surface area contributed by atoms with E-state index in [-0.39, 0.29) is 12.5 Å². The van der Waals surface area contributed by atoms with Crippen molar-refractivity contribution in [2.45, 2.75) is 24.2 Å². The molecule has 1 amide bonds. The van der Waals surface area contributed by atoms with E-state index in [0.29, 0.717) is 35.3 Å². The number of aliphatic hydroxyl groups excluding tert-OH is 1. The zero-order valence-electron chi connectivity index (χ0n) is 17.3. The van der Waals surface area contributed by atoms with Crippen LogP contribution in [0.2, 0.25) is 0 Å². The third-order valence-electron chi connectivity index (χ3n) is 6.25. The molecule has 1 aliphatic rings. The van der Waals surface area contributed by atoms with Crippen molar-refractivity contribution in [3.05, 3.63) is 78.0 Å². The summed E-state index contributed by atoms with van der Waals surface area (Å²) >= 11 is 0. The van der Waals surface area contributed by atoms with Crippen molar-refractivity contribution in [1.82, 2.24) is 19.9 Å². The van der Waals surface area contributed by atoms with E-state index < -0.39 is 11.3 Å². The average Bonchev–Trinajstić information content (AvgIpc) is 3.57. The van der Waals surface area contributed by atoms with Gasteiger partial charge in [-0.05, 0) is 53.8 Å². The second-order valence-corrected chi connectivity index (χ2v) is 8.07. The molecule has 0 bridgehead atoms. The quantitative estimate of drug-likeness (QED) is 0.429. The highest BCUT2D eigenvalue weighted by molar-refractivity contribution is 5.95. The molecule has 4 aromatic rings. The Kier molecular flexibility index (Phi) is 4.79. The summed E-state index contributed by atoms with van der Waals surface area (Å²) in [5, 5.41) is 9.40. The molecular weight excluding hydrogens is 404 g/mol. The van der Waals surface area contributed by atoms with Gasteiger partial charge in [-0.3, -0.25) is 19.7 Å². The number of anilines is 1. The van der Waals surface area contributed by atoms with Crippen LogP contribution in [-0.4, -0.2) is 37.6 Å².